The predicted octanol–water partition coefficient (Wildman–Crippen LogP) is 0.759. The Labute approximate surface area is 129 Å². The number of rotatable bonds is 7. The van der Waals surface area contributed by atoms with Gasteiger partial charge in [-0.05, 0) is 18.1 Å². The summed E-state index contributed by atoms with van der Waals surface area (Å²) >= 11 is 0. The van der Waals surface area contributed by atoms with Gasteiger partial charge in [0.15, 0.2) is 5.76 Å². The third-order valence-corrected chi connectivity index (χ3v) is 5.00. The molecule has 1 amide bonds. The maximum atomic E-state index is 12.0. The van der Waals surface area contributed by atoms with Crippen LogP contribution in [0.5, 0.6) is 0 Å². The highest BCUT2D eigenvalue weighted by molar-refractivity contribution is 7.88. The lowest BCUT2D eigenvalue weighted by Gasteiger charge is -2.19. The largest absolute Gasteiger partial charge is 0.480 e. The summed E-state index contributed by atoms with van der Waals surface area (Å²) in [7, 11) is -1.12. The summed E-state index contributed by atoms with van der Waals surface area (Å²) < 4.78 is 29.7. The van der Waals surface area contributed by atoms with Crippen LogP contribution in [0.25, 0.3) is 0 Å². The highest BCUT2D eigenvalue weighted by atomic mass is 32.2. The Bertz CT molecular complexity index is 649. The van der Waals surface area contributed by atoms with Crippen molar-refractivity contribution in [3.05, 3.63) is 17.9 Å². The summed E-state index contributed by atoms with van der Waals surface area (Å²) in [5.41, 5.74) is 0. The van der Waals surface area contributed by atoms with Gasteiger partial charge in [0.1, 0.15) is 6.04 Å². The van der Waals surface area contributed by atoms with Crippen LogP contribution in [0.3, 0.4) is 0 Å². The van der Waals surface area contributed by atoms with Gasteiger partial charge in [-0.2, -0.15) is 0 Å². The fourth-order valence-corrected chi connectivity index (χ4v) is 2.45. The van der Waals surface area contributed by atoms with Crippen molar-refractivity contribution < 1.29 is 27.5 Å². The van der Waals surface area contributed by atoms with E-state index in [-0.39, 0.29) is 16.8 Å². The number of carbonyl (C=O) groups is 2. The lowest BCUT2D eigenvalue weighted by molar-refractivity contribution is -0.140. The first-order valence-corrected chi connectivity index (χ1v) is 8.11. The van der Waals surface area contributed by atoms with Crippen LogP contribution in [0.1, 0.15) is 30.8 Å². The Hall–Kier alpha value is -1.87. The molecule has 22 heavy (non-hydrogen) atoms. The summed E-state index contributed by atoms with van der Waals surface area (Å²) in [5, 5.41) is 11.1. The van der Waals surface area contributed by atoms with Crippen LogP contribution >= 0.6 is 0 Å². The minimum absolute atomic E-state index is 0.255. The highest BCUT2D eigenvalue weighted by Crippen LogP contribution is 2.17. The predicted molar refractivity (Wildman–Crippen MR) is 77.9 cm³/mol. The molecule has 0 saturated carbocycles. The van der Waals surface area contributed by atoms with Gasteiger partial charge < -0.3 is 14.8 Å². The number of furan rings is 1. The molecule has 9 heteroatoms. The van der Waals surface area contributed by atoms with Crippen LogP contribution in [0.15, 0.2) is 21.6 Å². The lowest BCUT2D eigenvalue weighted by Crippen LogP contribution is -2.44. The first kappa shape index (κ1) is 18.2. The number of nitrogens with zero attached hydrogens (tertiary/aromatic N) is 1. The zero-order valence-electron chi connectivity index (χ0n) is 12.9. The van der Waals surface area contributed by atoms with E-state index in [2.05, 4.69) is 5.32 Å². The van der Waals surface area contributed by atoms with Crippen LogP contribution in [-0.4, -0.2) is 49.8 Å². The first-order chi connectivity index (χ1) is 10.1. The number of sulfonamides is 1. The van der Waals surface area contributed by atoms with E-state index in [1.807, 2.05) is 0 Å². The van der Waals surface area contributed by atoms with Crippen LogP contribution < -0.4 is 5.32 Å². The van der Waals surface area contributed by atoms with Gasteiger partial charge in [0.25, 0.3) is 15.9 Å². The molecule has 0 bridgehead atoms. The summed E-state index contributed by atoms with van der Waals surface area (Å²) in [5.74, 6) is -2.46. The molecule has 2 unspecified atom stereocenters. The van der Waals surface area contributed by atoms with Gasteiger partial charge in [-0.3, -0.25) is 4.79 Å². The Morgan fingerprint density at radius 3 is 2.41 bits per heavy atom. The average Bonchev–Trinajstić information content (AvgIpc) is 2.93. The van der Waals surface area contributed by atoms with Crippen LogP contribution in [0, 0.1) is 5.92 Å². The maximum Gasteiger partial charge on any atom is 0.326 e. The molecule has 1 heterocycles. The molecule has 0 aromatic carbocycles. The third-order valence-electron chi connectivity index (χ3n) is 3.31. The maximum absolute atomic E-state index is 12.0. The SMILES string of the molecule is CCC(C)C(NC(=O)c1ccc(S(=O)(=O)N(C)C)o1)C(=O)O. The van der Waals surface area contributed by atoms with Crippen LogP contribution in [-0.2, 0) is 14.8 Å². The fourth-order valence-electron chi connectivity index (χ4n) is 1.66. The van der Waals surface area contributed by atoms with Crippen molar-refractivity contribution >= 4 is 21.9 Å². The molecule has 0 saturated heterocycles. The van der Waals surface area contributed by atoms with Gasteiger partial charge in [0.2, 0.25) is 5.09 Å². The molecule has 1 aromatic heterocycles. The second kappa shape index (κ2) is 6.93. The number of nitrogens with one attached hydrogen (secondary N) is 1. The number of amides is 1. The number of carboxylic acid groups (broad SMARTS) is 1. The summed E-state index contributed by atoms with van der Waals surface area (Å²) in [6.07, 6.45) is 0.565. The van der Waals surface area contributed by atoms with E-state index in [4.69, 9.17) is 9.52 Å². The van der Waals surface area contributed by atoms with Crippen molar-refractivity contribution in [1.82, 2.24) is 9.62 Å². The Morgan fingerprint density at radius 1 is 1.36 bits per heavy atom. The van der Waals surface area contributed by atoms with Crippen molar-refractivity contribution in [2.75, 3.05) is 14.1 Å². The highest BCUT2D eigenvalue weighted by Gasteiger charge is 2.28. The quantitative estimate of drug-likeness (QED) is 0.761. The zero-order valence-corrected chi connectivity index (χ0v) is 13.7. The Balaban J connectivity index is 2.96. The Morgan fingerprint density at radius 2 is 1.95 bits per heavy atom. The van der Waals surface area contributed by atoms with E-state index in [1.54, 1.807) is 13.8 Å². The number of carbonyl (C=O) groups excluding carboxylic acids is 1. The number of carboxylic acids is 1. The van der Waals surface area contributed by atoms with Gasteiger partial charge in [-0.25, -0.2) is 17.5 Å². The fraction of sp³-hybridized carbons (Fsp3) is 0.538. The first-order valence-electron chi connectivity index (χ1n) is 6.67. The van der Waals surface area contributed by atoms with Crippen LogP contribution in [0.4, 0.5) is 0 Å². The van der Waals surface area contributed by atoms with Crippen molar-refractivity contribution in [3.63, 3.8) is 0 Å². The second-order valence-corrected chi connectivity index (χ2v) is 7.16. The molecular formula is C13H20N2O6S. The molecule has 0 aliphatic heterocycles. The summed E-state index contributed by atoms with van der Waals surface area (Å²) in [6.45, 7) is 3.50. The van der Waals surface area contributed by atoms with E-state index in [0.29, 0.717) is 6.42 Å². The van der Waals surface area contributed by atoms with Crippen molar-refractivity contribution in [2.24, 2.45) is 5.92 Å². The molecule has 8 nitrogen and oxygen atoms in total. The monoisotopic (exact) mass is 332 g/mol. The molecule has 1 aromatic rings. The third kappa shape index (κ3) is 3.86. The lowest BCUT2D eigenvalue weighted by atomic mass is 9.99. The minimum Gasteiger partial charge on any atom is -0.480 e. The van der Waals surface area contributed by atoms with Crippen molar-refractivity contribution in [3.8, 4) is 0 Å². The summed E-state index contributed by atoms with van der Waals surface area (Å²) in [6, 6.07) is 1.28. The number of hydrogen-bond donors (Lipinski definition) is 2. The zero-order chi connectivity index (χ0) is 17.1. The van der Waals surface area contributed by atoms with Gasteiger partial charge >= 0.3 is 5.97 Å². The molecule has 2 atom stereocenters. The van der Waals surface area contributed by atoms with E-state index < -0.39 is 27.9 Å². The second-order valence-electron chi connectivity index (χ2n) is 5.08. The smallest absolute Gasteiger partial charge is 0.326 e. The number of aliphatic carboxylic acids is 1. The Kier molecular flexibility index (Phi) is 5.72. The van der Waals surface area contributed by atoms with E-state index in [1.165, 1.54) is 20.2 Å². The molecule has 0 spiro atoms. The minimum atomic E-state index is -3.79. The van der Waals surface area contributed by atoms with E-state index >= 15 is 0 Å². The van der Waals surface area contributed by atoms with E-state index in [9.17, 15) is 18.0 Å². The van der Waals surface area contributed by atoms with E-state index in [0.717, 1.165) is 10.4 Å². The standard InChI is InChI=1S/C13H20N2O6S/c1-5-8(2)11(13(17)18)14-12(16)9-6-7-10(21-9)22(19,20)15(3)4/h6-8,11H,5H2,1-4H3,(H,14,16)(H,17,18). The number of hydrogen-bond acceptors (Lipinski definition) is 5. The molecule has 0 aliphatic carbocycles. The topological polar surface area (TPSA) is 117 Å². The van der Waals surface area contributed by atoms with Crippen molar-refractivity contribution in [1.29, 1.82) is 0 Å². The molecule has 0 radical (unpaired) electrons. The molecule has 0 aliphatic rings. The van der Waals surface area contributed by atoms with Crippen LogP contribution in [0.2, 0.25) is 0 Å². The van der Waals surface area contributed by atoms with Gasteiger partial charge in [0.05, 0.1) is 0 Å². The molecule has 124 valence electrons. The van der Waals surface area contributed by atoms with Gasteiger partial charge in [0, 0.05) is 14.1 Å². The molecule has 2 N–H and O–H groups in total. The average molecular weight is 332 g/mol. The molecular weight excluding hydrogens is 312 g/mol. The molecule has 0 fully saturated rings. The normalized spacial score (nSPS) is 14.6. The molecule has 1 rings (SSSR count). The van der Waals surface area contributed by atoms with Gasteiger partial charge in [-0.1, -0.05) is 20.3 Å². The van der Waals surface area contributed by atoms with Crippen molar-refractivity contribution in [2.45, 2.75) is 31.4 Å². The summed E-state index contributed by atoms with van der Waals surface area (Å²) in [4.78, 5) is 23.2. The van der Waals surface area contributed by atoms with Gasteiger partial charge in [-0.15, -0.1) is 0 Å².